The van der Waals surface area contributed by atoms with E-state index in [1.54, 1.807) is 6.92 Å². The maximum Gasteiger partial charge on any atom is 0.332 e. The van der Waals surface area contributed by atoms with Crippen molar-refractivity contribution in [3.8, 4) is 0 Å². The molecule has 6 heteroatoms. The number of carboxylic acids is 1. The average Bonchev–Trinajstić information content (AvgIpc) is 2.14. The number of amides is 1. The second-order valence-electron chi connectivity index (χ2n) is 3.22. The first-order chi connectivity index (χ1) is 6.97. The number of carbonyl (C=O) groups is 2. The van der Waals surface area contributed by atoms with E-state index in [-0.39, 0.29) is 18.6 Å². The highest BCUT2D eigenvalue weighted by Gasteiger charge is 2.14. The molecule has 2 atom stereocenters. The minimum atomic E-state index is -1.09. The van der Waals surface area contributed by atoms with Crippen LogP contribution in [0.5, 0.6) is 0 Å². The molecule has 0 spiro atoms. The maximum atomic E-state index is 11.2. The molecule has 1 amide bonds. The molecule has 0 aromatic carbocycles. The van der Waals surface area contributed by atoms with Gasteiger partial charge >= 0.3 is 5.97 Å². The van der Waals surface area contributed by atoms with Gasteiger partial charge in [-0.1, -0.05) is 0 Å². The van der Waals surface area contributed by atoms with Crippen LogP contribution in [-0.2, 0) is 19.1 Å². The molecule has 1 unspecified atom stereocenters. The lowest BCUT2D eigenvalue weighted by molar-refractivity contribution is -0.150. The van der Waals surface area contributed by atoms with Gasteiger partial charge in [-0.2, -0.15) is 0 Å². The molecule has 0 heterocycles. The fraction of sp³-hybridized carbons (Fsp3) is 0.778. The molecule has 0 aromatic rings. The monoisotopic (exact) mass is 219 g/mol. The van der Waals surface area contributed by atoms with E-state index in [0.29, 0.717) is 6.61 Å². The Morgan fingerprint density at radius 1 is 1.40 bits per heavy atom. The van der Waals surface area contributed by atoms with Crippen LogP contribution in [0.1, 0.15) is 13.8 Å². The third-order valence-electron chi connectivity index (χ3n) is 1.64. The lowest BCUT2D eigenvalue weighted by atomic mass is 10.3. The van der Waals surface area contributed by atoms with Crippen molar-refractivity contribution in [3.05, 3.63) is 0 Å². The Morgan fingerprint density at radius 2 is 2.00 bits per heavy atom. The highest BCUT2D eigenvalue weighted by Crippen LogP contribution is 1.90. The van der Waals surface area contributed by atoms with Gasteiger partial charge in [-0.15, -0.1) is 0 Å². The molecule has 0 aliphatic carbocycles. The Kier molecular flexibility index (Phi) is 6.64. The summed E-state index contributed by atoms with van der Waals surface area (Å²) in [6.07, 6.45) is -0.978. The maximum absolute atomic E-state index is 11.2. The number of aliphatic carboxylic acids is 1. The van der Waals surface area contributed by atoms with E-state index >= 15 is 0 Å². The van der Waals surface area contributed by atoms with Gasteiger partial charge in [0.25, 0.3) is 0 Å². The highest BCUT2D eigenvalue weighted by atomic mass is 16.5. The molecule has 0 saturated heterocycles. The molecule has 0 fully saturated rings. The molecular weight excluding hydrogens is 202 g/mol. The number of ether oxygens (including phenoxy) is 2. The fourth-order valence-electron chi connectivity index (χ4n) is 0.880. The summed E-state index contributed by atoms with van der Waals surface area (Å²) >= 11 is 0. The van der Waals surface area contributed by atoms with Gasteiger partial charge in [0.05, 0.1) is 6.61 Å². The van der Waals surface area contributed by atoms with Crippen LogP contribution in [0.4, 0.5) is 0 Å². The molecule has 0 radical (unpaired) electrons. The van der Waals surface area contributed by atoms with Crippen LogP contribution in [0.2, 0.25) is 0 Å². The van der Waals surface area contributed by atoms with Gasteiger partial charge < -0.3 is 19.9 Å². The van der Waals surface area contributed by atoms with Crippen LogP contribution in [0, 0.1) is 0 Å². The molecule has 0 saturated carbocycles. The van der Waals surface area contributed by atoms with Crippen molar-refractivity contribution in [3.63, 3.8) is 0 Å². The standard InChI is InChI=1S/C9H17NO5/c1-6(4-14-3)10-8(11)5-15-7(2)9(12)13/h6-7H,4-5H2,1-3H3,(H,10,11)(H,12,13)/t6?,7-/m1/s1. The second kappa shape index (κ2) is 7.19. The summed E-state index contributed by atoms with van der Waals surface area (Å²) < 4.78 is 9.61. The smallest absolute Gasteiger partial charge is 0.332 e. The van der Waals surface area contributed by atoms with Crippen LogP contribution in [0.15, 0.2) is 0 Å². The molecule has 15 heavy (non-hydrogen) atoms. The summed E-state index contributed by atoms with van der Waals surface area (Å²) in [5, 5.41) is 11.1. The normalized spacial score (nSPS) is 14.3. The van der Waals surface area contributed by atoms with Gasteiger partial charge in [-0.05, 0) is 13.8 Å². The predicted octanol–water partition coefficient (Wildman–Crippen LogP) is -0.373. The number of hydrogen-bond donors (Lipinski definition) is 2. The summed E-state index contributed by atoms with van der Waals surface area (Å²) in [6.45, 7) is 3.29. The van der Waals surface area contributed by atoms with Crippen molar-refractivity contribution in [2.45, 2.75) is 26.0 Å². The van der Waals surface area contributed by atoms with Crippen LogP contribution in [-0.4, -0.2) is 49.5 Å². The van der Waals surface area contributed by atoms with Crippen LogP contribution in [0.3, 0.4) is 0 Å². The number of carboxylic acid groups (broad SMARTS) is 1. The Hall–Kier alpha value is -1.14. The third-order valence-corrected chi connectivity index (χ3v) is 1.64. The SMILES string of the molecule is COCC(C)NC(=O)CO[C@H](C)C(=O)O. The summed E-state index contributed by atoms with van der Waals surface area (Å²) in [7, 11) is 1.53. The Balaban J connectivity index is 3.70. The Labute approximate surface area is 88.6 Å². The number of nitrogens with one attached hydrogen (secondary N) is 1. The summed E-state index contributed by atoms with van der Waals surface area (Å²) in [5.74, 6) is -1.44. The summed E-state index contributed by atoms with van der Waals surface area (Å²) in [5.41, 5.74) is 0. The largest absolute Gasteiger partial charge is 0.479 e. The van der Waals surface area contributed by atoms with E-state index < -0.39 is 12.1 Å². The van der Waals surface area contributed by atoms with Crippen molar-refractivity contribution in [1.29, 1.82) is 0 Å². The number of rotatable bonds is 7. The lowest BCUT2D eigenvalue weighted by Gasteiger charge is -2.13. The molecule has 0 aliphatic heterocycles. The molecule has 0 bridgehead atoms. The zero-order chi connectivity index (χ0) is 11.8. The lowest BCUT2D eigenvalue weighted by Crippen LogP contribution is -2.39. The first-order valence-electron chi connectivity index (χ1n) is 4.60. The molecule has 6 nitrogen and oxygen atoms in total. The zero-order valence-electron chi connectivity index (χ0n) is 9.15. The van der Waals surface area contributed by atoms with Gasteiger partial charge in [-0.25, -0.2) is 4.79 Å². The van der Waals surface area contributed by atoms with E-state index in [1.165, 1.54) is 14.0 Å². The zero-order valence-corrected chi connectivity index (χ0v) is 9.15. The molecule has 0 aromatic heterocycles. The quantitative estimate of drug-likeness (QED) is 0.610. The van der Waals surface area contributed by atoms with Crippen molar-refractivity contribution < 1.29 is 24.2 Å². The first-order valence-corrected chi connectivity index (χ1v) is 4.60. The van der Waals surface area contributed by atoms with Crippen LogP contribution in [0.25, 0.3) is 0 Å². The van der Waals surface area contributed by atoms with E-state index in [0.717, 1.165) is 0 Å². The summed E-state index contributed by atoms with van der Waals surface area (Å²) in [4.78, 5) is 21.5. The average molecular weight is 219 g/mol. The fourth-order valence-corrected chi connectivity index (χ4v) is 0.880. The van der Waals surface area contributed by atoms with Crippen molar-refractivity contribution in [1.82, 2.24) is 5.32 Å². The van der Waals surface area contributed by atoms with Gasteiger partial charge in [-0.3, -0.25) is 4.79 Å². The Morgan fingerprint density at radius 3 is 2.47 bits per heavy atom. The molecule has 2 N–H and O–H groups in total. The minimum absolute atomic E-state index is 0.119. The van der Waals surface area contributed by atoms with E-state index in [4.69, 9.17) is 14.6 Å². The van der Waals surface area contributed by atoms with E-state index in [1.807, 2.05) is 0 Å². The van der Waals surface area contributed by atoms with Gasteiger partial charge in [0.15, 0.2) is 6.10 Å². The van der Waals surface area contributed by atoms with Crippen molar-refractivity contribution in [2.75, 3.05) is 20.3 Å². The molecular formula is C9H17NO5. The van der Waals surface area contributed by atoms with Gasteiger partial charge in [0, 0.05) is 13.2 Å². The van der Waals surface area contributed by atoms with E-state index in [2.05, 4.69) is 5.32 Å². The summed E-state index contributed by atoms with van der Waals surface area (Å²) in [6, 6.07) is -0.119. The number of methoxy groups -OCH3 is 1. The predicted molar refractivity (Wildman–Crippen MR) is 52.5 cm³/mol. The number of hydrogen-bond acceptors (Lipinski definition) is 4. The molecule has 0 aliphatic rings. The van der Waals surface area contributed by atoms with Crippen LogP contribution >= 0.6 is 0 Å². The van der Waals surface area contributed by atoms with Gasteiger partial charge in [0.2, 0.25) is 5.91 Å². The molecule has 0 rings (SSSR count). The second-order valence-corrected chi connectivity index (χ2v) is 3.22. The number of carbonyl (C=O) groups excluding carboxylic acids is 1. The third kappa shape index (κ3) is 6.87. The topological polar surface area (TPSA) is 84.9 Å². The van der Waals surface area contributed by atoms with Crippen LogP contribution < -0.4 is 5.32 Å². The highest BCUT2D eigenvalue weighted by molar-refractivity contribution is 5.78. The Bertz CT molecular complexity index is 219. The van der Waals surface area contributed by atoms with Gasteiger partial charge in [0.1, 0.15) is 6.61 Å². The first kappa shape index (κ1) is 13.9. The van der Waals surface area contributed by atoms with E-state index in [9.17, 15) is 9.59 Å². The van der Waals surface area contributed by atoms with Crippen molar-refractivity contribution >= 4 is 11.9 Å². The minimum Gasteiger partial charge on any atom is -0.479 e. The molecule has 88 valence electrons. The van der Waals surface area contributed by atoms with Crippen molar-refractivity contribution in [2.24, 2.45) is 0 Å².